The van der Waals surface area contributed by atoms with Crippen molar-refractivity contribution in [2.45, 2.75) is 128 Å². The van der Waals surface area contributed by atoms with Crippen LogP contribution in [0.3, 0.4) is 0 Å². The normalized spacial score (nSPS) is 12.5. The number of carbonyl (C=O) groups is 8. The van der Waals surface area contributed by atoms with E-state index in [1.165, 1.54) is 89.8 Å². The van der Waals surface area contributed by atoms with Crippen LogP contribution in [0.1, 0.15) is 142 Å². The zero-order valence-corrected chi connectivity index (χ0v) is 57.7. The number of rotatable bonds is 41. The third kappa shape index (κ3) is 30.7. The zero-order valence-electron chi connectivity index (χ0n) is 57.7. The molecule has 0 radical (unpaired) electrons. The van der Waals surface area contributed by atoms with Crippen LogP contribution in [0, 0.1) is 0 Å². The molecule has 1 saturated heterocycles. The van der Waals surface area contributed by atoms with E-state index in [1.54, 1.807) is 24.3 Å². The van der Waals surface area contributed by atoms with Gasteiger partial charge in [-0.05, 0) is 148 Å². The number of ether oxygens (including phenoxy) is 5. The van der Waals surface area contributed by atoms with Gasteiger partial charge in [0.2, 0.25) is 0 Å². The number of nitrogens with two attached hydrogens (primary N) is 10. The number of guanidine groups is 4. The molecule has 31 nitrogen and oxygen atoms in total. The average molecular weight is 1380 g/mol. The summed E-state index contributed by atoms with van der Waals surface area (Å²) in [5.41, 5.74) is 57.5. The Bertz CT molecular complexity index is 3420. The SMILES string of the molecule is C1CCOC1.CCNCC.COc1ccc(CC(=O)[C@H](CCCN=C(N)N)NC(=O)c2cc(CC(=O)[C@H](CCCN=C(N)N)NC(=O)c3cc(CC(=O)[C@H](CCCN=C(N)N)NC(=O)c4cc(CC(=O)[C@H](N)CCCN=C(N)N)ccc4OC)ccc3OC)ccc2OC)cc1C(N)=O. The van der Waals surface area contributed by atoms with Crippen molar-refractivity contribution in [3.63, 3.8) is 0 Å². The molecule has 1 aliphatic rings. The standard InChI is InChI=1S/C60H83N17O12.C4H11N.C4H8O/c1-86-49-17-13-33(25-37(49)53(62)82)30-46(79)42(10-6-22-72-58(65)66)75-55(84)39-27-35(15-19-51(39)88-3)32-48(81)44(12-8-24-74-60(69)70)77-56(85)40-28-36(16-20-52(40)89-4)31-47(80)43(11-7-23-73-59(67)68)76-54(83)38-26-34(14-18-50(38)87-2)29-45(78)41(61)9-5-21-71-57(63)64;1-3-5-4-2;1-2-4-5-3-1/h13-20,25-28,41-44H,5-12,21-24,29-32,61H2,1-4H3,(H2,62,82)(H,75,84)(H,76,83)(H,77,85)(H4,63,64,71)(H4,65,66,72)(H4,67,68,73)(H4,69,70,74);5H,3-4H2,1-2H3;1-4H2/t41-,42+,43+,44+;;/m1../s1. The summed E-state index contributed by atoms with van der Waals surface area (Å²) in [6.07, 6.45) is 3.43. The number of nitrogens with zero attached hydrogens (tertiary/aromatic N) is 4. The molecule has 4 aromatic rings. The molecule has 99 heavy (non-hydrogen) atoms. The van der Waals surface area contributed by atoms with Crippen LogP contribution in [-0.2, 0) is 49.6 Å². The lowest BCUT2D eigenvalue weighted by atomic mass is 9.96. The van der Waals surface area contributed by atoms with Crippen molar-refractivity contribution in [1.82, 2.24) is 21.3 Å². The van der Waals surface area contributed by atoms with Crippen LogP contribution >= 0.6 is 0 Å². The first-order chi connectivity index (χ1) is 47.3. The Morgan fingerprint density at radius 1 is 0.414 bits per heavy atom. The highest BCUT2D eigenvalue weighted by atomic mass is 16.5. The molecule has 4 amide bonds. The maximum atomic E-state index is 14.4. The van der Waals surface area contributed by atoms with Crippen molar-refractivity contribution in [3.8, 4) is 23.0 Å². The number of carbonyl (C=O) groups excluding carboxylic acids is 8. The van der Waals surface area contributed by atoms with Crippen molar-refractivity contribution in [1.29, 1.82) is 0 Å². The van der Waals surface area contributed by atoms with Crippen molar-refractivity contribution in [2.75, 3.05) is 80.9 Å². The van der Waals surface area contributed by atoms with Crippen LogP contribution in [0.2, 0.25) is 0 Å². The smallest absolute Gasteiger partial charge is 0.255 e. The number of hydrogen-bond donors (Lipinski definition) is 14. The van der Waals surface area contributed by atoms with Crippen molar-refractivity contribution < 1.29 is 62.0 Å². The molecular formula is C68H102N18O13. The molecule has 1 aliphatic heterocycles. The van der Waals surface area contributed by atoms with Gasteiger partial charge in [-0.1, -0.05) is 38.1 Å². The lowest BCUT2D eigenvalue weighted by Gasteiger charge is -2.21. The highest BCUT2D eigenvalue weighted by Gasteiger charge is 2.29. The summed E-state index contributed by atoms with van der Waals surface area (Å²) in [6, 6.07) is 13.9. The zero-order chi connectivity index (χ0) is 73.4. The fourth-order valence-corrected chi connectivity index (χ4v) is 10.1. The molecule has 0 aliphatic carbocycles. The Morgan fingerprint density at radius 3 is 0.929 bits per heavy atom. The fraction of sp³-hybridized carbons (Fsp3) is 0.471. The van der Waals surface area contributed by atoms with Crippen LogP contribution in [0.25, 0.3) is 0 Å². The van der Waals surface area contributed by atoms with Gasteiger partial charge in [-0.3, -0.25) is 58.3 Å². The van der Waals surface area contributed by atoms with E-state index in [9.17, 15) is 38.4 Å². The minimum absolute atomic E-state index is 0.0204. The van der Waals surface area contributed by atoms with Gasteiger partial charge in [0.25, 0.3) is 23.6 Å². The molecule has 4 aromatic carbocycles. The number of ketones is 4. The first-order valence-corrected chi connectivity index (χ1v) is 32.6. The van der Waals surface area contributed by atoms with Crippen molar-refractivity contribution >= 4 is 70.6 Å². The molecule has 542 valence electrons. The second-order valence-electron chi connectivity index (χ2n) is 22.8. The van der Waals surface area contributed by atoms with Crippen LogP contribution < -0.4 is 97.6 Å². The van der Waals surface area contributed by atoms with Gasteiger partial charge in [0.1, 0.15) is 23.0 Å². The van der Waals surface area contributed by atoms with Crippen LogP contribution in [0.15, 0.2) is 92.8 Å². The van der Waals surface area contributed by atoms with E-state index in [0.29, 0.717) is 41.6 Å². The topological polar surface area (TPSA) is 540 Å². The molecule has 4 atom stereocenters. The van der Waals surface area contributed by atoms with Gasteiger partial charge in [0.05, 0.1) is 74.9 Å². The molecule has 0 unspecified atom stereocenters. The molecule has 0 aromatic heterocycles. The van der Waals surface area contributed by atoms with Gasteiger partial charge in [-0.15, -0.1) is 0 Å². The fourth-order valence-electron chi connectivity index (χ4n) is 10.1. The summed E-state index contributed by atoms with van der Waals surface area (Å²) >= 11 is 0. The highest BCUT2D eigenvalue weighted by Crippen LogP contribution is 2.26. The Labute approximate surface area is 578 Å². The molecule has 1 heterocycles. The predicted molar refractivity (Wildman–Crippen MR) is 381 cm³/mol. The minimum Gasteiger partial charge on any atom is -0.496 e. The van der Waals surface area contributed by atoms with Gasteiger partial charge in [0, 0.05) is 65.1 Å². The second kappa shape index (κ2) is 45.2. The molecule has 1 fully saturated rings. The van der Waals surface area contributed by atoms with Crippen LogP contribution in [0.4, 0.5) is 0 Å². The second-order valence-corrected chi connectivity index (χ2v) is 22.8. The van der Waals surface area contributed by atoms with E-state index >= 15 is 0 Å². The summed E-state index contributed by atoms with van der Waals surface area (Å²) in [5.74, 6) is -4.56. The molecular weight excluding hydrogens is 1280 g/mol. The maximum absolute atomic E-state index is 14.4. The largest absolute Gasteiger partial charge is 0.496 e. The van der Waals surface area contributed by atoms with Crippen molar-refractivity contribution in [2.24, 2.45) is 77.3 Å². The van der Waals surface area contributed by atoms with Crippen LogP contribution in [-0.4, -0.2) is 176 Å². The van der Waals surface area contributed by atoms with E-state index in [2.05, 4.69) is 55.1 Å². The number of benzene rings is 4. The van der Waals surface area contributed by atoms with Gasteiger partial charge >= 0.3 is 0 Å². The van der Waals surface area contributed by atoms with Crippen LogP contribution in [0.5, 0.6) is 23.0 Å². The molecule has 24 N–H and O–H groups in total. The first-order valence-electron chi connectivity index (χ1n) is 32.6. The van der Waals surface area contributed by atoms with Gasteiger partial charge in [-0.25, -0.2) is 0 Å². The van der Waals surface area contributed by atoms with Crippen molar-refractivity contribution in [3.05, 3.63) is 117 Å². The van der Waals surface area contributed by atoms with E-state index in [0.717, 1.165) is 26.3 Å². The number of hydrogen-bond acceptors (Lipinski definition) is 19. The lowest BCUT2D eigenvalue weighted by molar-refractivity contribution is -0.121. The van der Waals surface area contributed by atoms with Gasteiger partial charge in [-0.2, -0.15) is 0 Å². The summed E-state index contributed by atoms with van der Waals surface area (Å²) in [7, 11) is 5.42. The third-order valence-electron chi connectivity index (χ3n) is 15.2. The van der Waals surface area contributed by atoms with E-state index < -0.39 is 65.1 Å². The number of Topliss-reactive ketones (excluding diaryl/α,β-unsaturated/α-hetero) is 4. The molecule has 0 bridgehead atoms. The summed E-state index contributed by atoms with van der Waals surface area (Å²) in [5, 5.41) is 11.5. The Morgan fingerprint density at radius 2 is 0.687 bits per heavy atom. The van der Waals surface area contributed by atoms with Gasteiger partial charge in [0.15, 0.2) is 47.0 Å². The lowest BCUT2D eigenvalue weighted by Crippen LogP contribution is -2.42. The Hall–Kier alpha value is -10.4. The molecule has 0 spiro atoms. The quantitative estimate of drug-likeness (QED) is 0.0164. The molecule has 5 rings (SSSR count). The van der Waals surface area contributed by atoms with E-state index in [1.807, 2.05) is 0 Å². The average Bonchev–Trinajstić information content (AvgIpc) is 1.17. The monoisotopic (exact) mass is 1380 g/mol. The Balaban J connectivity index is 0.00000235. The number of aliphatic imine (C=N–C) groups is 4. The minimum atomic E-state index is -1.18. The number of methoxy groups -OCH3 is 4. The van der Waals surface area contributed by atoms with E-state index in [4.69, 9.17) is 81.0 Å². The Kier molecular flexibility index (Phi) is 37.8. The van der Waals surface area contributed by atoms with Gasteiger partial charge < -0.3 is 102 Å². The predicted octanol–water partition coefficient (Wildman–Crippen LogP) is 0.616. The highest BCUT2D eigenvalue weighted by molar-refractivity contribution is 6.04. The summed E-state index contributed by atoms with van der Waals surface area (Å²) in [6.45, 7) is 9.07. The number of primary amides is 1. The number of amides is 4. The first kappa shape index (κ1) is 82.8. The molecule has 31 heteroatoms. The maximum Gasteiger partial charge on any atom is 0.255 e. The third-order valence-corrected chi connectivity index (χ3v) is 15.2. The van der Waals surface area contributed by atoms with E-state index in [-0.39, 0.29) is 159 Å². The summed E-state index contributed by atoms with van der Waals surface area (Å²) in [4.78, 5) is 127. The molecule has 0 saturated carbocycles. The summed E-state index contributed by atoms with van der Waals surface area (Å²) < 4.78 is 26.8. The number of nitrogens with one attached hydrogen (secondary N) is 4.